The van der Waals surface area contributed by atoms with Crippen molar-refractivity contribution in [2.75, 3.05) is 0 Å². The first-order valence-electron chi connectivity index (χ1n) is 8.12. The van der Waals surface area contributed by atoms with Crippen LogP contribution in [0.4, 0.5) is 0 Å². The summed E-state index contributed by atoms with van der Waals surface area (Å²) in [5.41, 5.74) is 2.20. The Morgan fingerprint density at radius 2 is 2.07 bits per heavy atom. The molecule has 6 nitrogen and oxygen atoms in total. The number of rotatable bonds is 6. The van der Waals surface area contributed by atoms with Gasteiger partial charge in [0.05, 0.1) is 16.8 Å². The second-order valence-corrected chi connectivity index (χ2v) is 8.69. The minimum atomic E-state index is -0.976. The number of carboxylic acids is 1. The average Bonchev–Trinajstić information content (AvgIpc) is 3.42. The van der Waals surface area contributed by atoms with Gasteiger partial charge in [0.15, 0.2) is 10.2 Å². The third-order valence-electron chi connectivity index (χ3n) is 3.86. The van der Waals surface area contributed by atoms with E-state index in [9.17, 15) is 4.79 Å². The van der Waals surface area contributed by atoms with Gasteiger partial charge in [-0.15, -0.1) is 32.9 Å². The first kappa shape index (κ1) is 17.9. The van der Waals surface area contributed by atoms with E-state index in [1.54, 1.807) is 11.3 Å². The SMILES string of the molecule is CCc1ccccc1-n1c(Sc2ncc(C(=O)O)s2)nnc1-c1cccs1. The van der Waals surface area contributed by atoms with E-state index in [0.717, 1.165) is 34.1 Å². The van der Waals surface area contributed by atoms with Crippen molar-refractivity contribution in [2.45, 2.75) is 22.8 Å². The quantitative estimate of drug-likeness (QED) is 0.485. The molecule has 0 amide bonds. The predicted molar refractivity (Wildman–Crippen MR) is 107 cm³/mol. The minimum absolute atomic E-state index is 0.205. The molecule has 4 aromatic rings. The highest BCUT2D eigenvalue weighted by Crippen LogP contribution is 2.36. The molecular formula is C18H14N4O2S3. The van der Waals surface area contributed by atoms with Gasteiger partial charge in [-0.05, 0) is 41.3 Å². The number of nitrogens with zero attached hydrogens (tertiary/aromatic N) is 4. The van der Waals surface area contributed by atoms with E-state index in [4.69, 9.17) is 5.11 Å². The fraction of sp³-hybridized carbons (Fsp3) is 0.111. The van der Waals surface area contributed by atoms with Crippen LogP contribution in [0.15, 0.2) is 57.5 Å². The number of para-hydroxylation sites is 1. The van der Waals surface area contributed by atoms with Crippen molar-refractivity contribution in [3.63, 3.8) is 0 Å². The summed E-state index contributed by atoms with van der Waals surface area (Å²) in [6, 6.07) is 12.1. The fourth-order valence-corrected chi connectivity index (χ4v) is 5.09. The smallest absolute Gasteiger partial charge is 0.347 e. The van der Waals surface area contributed by atoms with Gasteiger partial charge in [-0.2, -0.15) is 0 Å². The van der Waals surface area contributed by atoms with Crippen LogP contribution in [-0.2, 0) is 6.42 Å². The lowest BCUT2D eigenvalue weighted by molar-refractivity contribution is 0.0702. The van der Waals surface area contributed by atoms with E-state index < -0.39 is 5.97 Å². The number of hydrogen-bond acceptors (Lipinski definition) is 7. The number of hydrogen-bond donors (Lipinski definition) is 1. The first-order chi connectivity index (χ1) is 13.2. The van der Waals surface area contributed by atoms with E-state index >= 15 is 0 Å². The van der Waals surface area contributed by atoms with Crippen LogP contribution in [-0.4, -0.2) is 30.8 Å². The maximum absolute atomic E-state index is 11.1. The lowest BCUT2D eigenvalue weighted by atomic mass is 10.1. The number of aromatic nitrogens is 4. The second kappa shape index (κ2) is 7.63. The number of aromatic carboxylic acids is 1. The Morgan fingerprint density at radius 3 is 2.78 bits per heavy atom. The third-order valence-corrected chi connectivity index (χ3v) is 6.73. The normalized spacial score (nSPS) is 11.0. The summed E-state index contributed by atoms with van der Waals surface area (Å²) < 4.78 is 2.64. The van der Waals surface area contributed by atoms with Crippen molar-refractivity contribution >= 4 is 40.4 Å². The molecule has 0 unspecified atom stereocenters. The lowest BCUT2D eigenvalue weighted by Gasteiger charge is -2.12. The van der Waals surface area contributed by atoms with Crippen molar-refractivity contribution in [1.82, 2.24) is 19.7 Å². The molecule has 0 bridgehead atoms. The minimum Gasteiger partial charge on any atom is -0.477 e. The van der Waals surface area contributed by atoms with E-state index in [1.807, 2.05) is 40.3 Å². The number of aryl methyl sites for hydroxylation is 1. The van der Waals surface area contributed by atoms with Gasteiger partial charge < -0.3 is 5.11 Å². The molecule has 0 saturated carbocycles. The summed E-state index contributed by atoms with van der Waals surface area (Å²) in [5, 5.41) is 20.6. The summed E-state index contributed by atoms with van der Waals surface area (Å²) in [7, 11) is 0. The summed E-state index contributed by atoms with van der Waals surface area (Å²) in [5.74, 6) is -0.208. The van der Waals surface area contributed by atoms with Crippen LogP contribution in [0, 0.1) is 0 Å². The Morgan fingerprint density at radius 1 is 1.22 bits per heavy atom. The fourth-order valence-electron chi connectivity index (χ4n) is 2.63. The Hall–Kier alpha value is -2.49. The molecule has 0 aliphatic heterocycles. The average molecular weight is 415 g/mol. The van der Waals surface area contributed by atoms with Gasteiger partial charge in [0.2, 0.25) is 5.16 Å². The van der Waals surface area contributed by atoms with E-state index in [2.05, 4.69) is 28.2 Å². The number of benzene rings is 1. The summed E-state index contributed by atoms with van der Waals surface area (Å²) in [6.07, 6.45) is 2.25. The van der Waals surface area contributed by atoms with Gasteiger partial charge in [0, 0.05) is 0 Å². The molecular weight excluding hydrogens is 400 g/mol. The summed E-state index contributed by atoms with van der Waals surface area (Å²) in [4.78, 5) is 16.6. The number of carbonyl (C=O) groups is 1. The van der Waals surface area contributed by atoms with Gasteiger partial charge in [-0.1, -0.05) is 31.2 Å². The molecule has 9 heteroatoms. The Bertz CT molecular complexity index is 1090. The highest BCUT2D eigenvalue weighted by Gasteiger charge is 2.20. The largest absolute Gasteiger partial charge is 0.477 e. The van der Waals surface area contributed by atoms with Crippen LogP contribution in [0.1, 0.15) is 22.2 Å². The van der Waals surface area contributed by atoms with Crippen molar-refractivity contribution in [2.24, 2.45) is 0 Å². The molecule has 1 aromatic carbocycles. The monoisotopic (exact) mass is 414 g/mol. The number of carboxylic acid groups (broad SMARTS) is 1. The molecule has 0 saturated heterocycles. The second-order valence-electron chi connectivity index (χ2n) is 5.50. The van der Waals surface area contributed by atoms with Crippen LogP contribution in [0.25, 0.3) is 16.4 Å². The molecule has 3 heterocycles. The Balaban J connectivity index is 1.83. The molecule has 1 N–H and O–H groups in total. The van der Waals surface area contributed by atoms with Gasteiger partial charge in [-0.25, -0.2) is 9.78 Å². The predicted octanol–water partition coefficient (Wildman–Crippen LogP) is 4.86. The molecule has 0 fully saturated rings. The van der Waals surface area contributed by atoms with Crippen LogP contribution in [0.3, 0.4) is 0 Å². The van der Waals surface area contributed by atoms with Gasteiger partial charge in [0.1, 0.15) is 4.88 Å². The highest BCUT2D eigenvalue weighted by molar-refractivity contribution is 8.00. The molecule has 3 aromatic heterocycles. The zero-order chi connectivity index (χ0) is 18.8. The van der Waals surface area contributed by atoms with Crippen molar-refractivity contribution in [1.29, 1.82) is 0 Å². The molecule has 136 valence electrons. The molecule has 0 spiro atoms. The highest BCUT2D eigenvalue weighted by atomic mass is 32.2. The number of thiophene rings is 1. The lowest BCUT2D eigenvalue weighted by Crippen LogP contribution is -2.02. The zero-order valence-electron chi connectivity index (χ0n) is 14.2. The van der Waals surface area contributed by atoms with E-state index in [1.165, 1.54) is 23.5 Å². The third kappa shape index (κ3) is 3.53. The van der Waals surface area contributed by atoms with E-state index in [-0.39, 0.29) is 4.88 Å². The summed E-state index contributed by atoms with van der Waals surface area (Å²) >= 11 is 4.06. The van der Waals surface area contributed by atoms with Crippen molar-refractivity contribution in [3.8, 4) is 16.4 Å². The standard InChI is InChI=1S/C18H14N4O2S3/c1-2-11-6-3-4-7-12(11)22-15(13-8-5-9-25-13)20-21-17(22)27-18-19-10-14(26-18)16(23)24/h3-10H,2H2,1H3,(H,23,24). The van der Waals surface area contributed by atoms with Crippen molar-refractivity contribution < 1.29 is 9.90 Å². The first-order valence-corrected chi connectivity index (χ1v) is 10.6. The van der Waals surface area contributed by atoms with Gasteiger partial charge in [-0.3, -0.25) is 4.57 Å². The molecule has 27 heavy (non-hydrogen) atoms. The van der Waals surface area contributed by atoms with Crippen LogP contribution < -0.4 is 0 Å². The maximum Gasteiger partial charge on any atom is 0.347 e. The van der Waals surface area contributed by atoms with Crippen LogP contribution >= 0.6 is 34.4 Å². The van der Waals surface area contributed by atoms with Gasteiger partial charge in [0.25, 0.3) is 0 Å². The molecule has 4 rings (SSSR count). The zero-order valence-corrected chi connectivity index (χ0v) is 16.6. The molecule has 0 radical (unpaired) electrons. The topological polar surface area (TPSA) is 80.9 Å². The number of thiazole rings is 1. The molecule has 0 atom stereocenters. The van der Waals surface area contributed by atoms with Crippen LogP contribution in [0.2, 0.25) is 0 Å². The van der Waals surface area contributed by atoms with E-state index in [0.29, 0.717) is 9.50 Å². The van der Waals surface area contributed by atoms with Gasteiger partial charge >= 0.3 is 5.97 Å². The maximum atomic E-state index is 11.1. The Labute approximate surface area is 167 Å². The molecule has 0 aliphatic carbocycles. The Kier molecular flexibility index (Phi) is 5.06. The van der Waals surface area contributed by atoms with Crippen molar-refractivity contribution in [3.05, 3.63) is 58.4 Å². The van der Waals surface area contributed by atoms with Crippen LogP contribution in [0.5, 0.6) is 0 Å². The molecule has 0 aliphatic rings. The summed E-state index contributed by atoms with van der Waals surface area (Å²) in [6.45, 7) is 2.11.